The summed E-state index contributed by atoms with van der Waals surface area (Å²) in [7, 11) is 0. The monoisotopic (exact) mass is 256 g/mol. The summed E-state index contributed by atoms with van der Waals surface area (Å²) in [5.74, 6) is 0.700. The van der Waals surface area contributed by atoms with E-state index in [9.17, 15) is 4.79 Å². The Morgan fingerprint density at radius 2 is 2.21 bits per heavy atom. The van der Waals surface area contributed by atoms with E-state index >= 15 is 0 Å². The quantitative estimate of drug-likeness (QED) is 0.846. The first-order chi connectivity index (χ1) is 9.15. The van der Waals surface area contributed by atoms with Crippen LogP contribution in [0.2, 0.25) is 0 Å². The minimum Gasteiger partial charge on any atom is -0.269 e. The van der Waals surface area contributed by atoms with Gasteiger partial charge in [-0.3, -0.25) is 9.20 Å². The van der Waals surface area contributed by atoms with Crippen molar-refractivity contribution in [3.05, 3.63) is 45.5 Å². The molecule has 0 unspecified atom stereocenters. The summed E-state index contributed by atoms with van der Waals surface area (Å²) in [6.07, 6.45) is 7.02. The Kier molecular flexibility index (Phi) is 3.13. The lowest BCUT2D eigenvalue weighted by atomic mass is 10.0. The van der Waals surface area contributed by atoms with E-state index in [1.165, 1.54) is 12.0 Å². The number of aryl methyl sites for hydroxylation is 2. The van der Waals surface area contributed by atoms with E-state index in [0.717, 1.165) is 42.6 Å². The molecular weight excluding hydrogens is 236 g/mol. The first kappa shape index (κ1) is 12.4. The first-order valence-electron chi connectivity index (χ1n) is 7.18. The molecule has 1 aliphatic carbocycles. The van der Waals surface area contributed by atoms with Gasteiger partial charge in [0.2, 0.25) is 0 Å². The van der Waals surface area contributed by atoms with Crippen molar-refractivity contribution >= 4 is 5.65 Å². The minimum absolute atomic E-state index is 0.132. The Hall–Kier alpha value is -1.64. The van der Waals surface area contributed by atoms with Crippen LogP contribution in [0, 0.1) is 5.92 Å². The fourth-order valence-electron chi connectivity index (χ4n) is 2.76. The molecule has 0 aliphatic heterocycles. The van der Waals surface area contributed by atoms with Crippen LogP contribution in [0.3, 0.4) is 0 Å². The number of fused-ring (bicyclic) bond motifs is 2. The van der Waals surface area contributed by atoms with Gasteiger partial charge in [-0.25, -0.2) is 4.98 Å². The van der Waals surface area contributed by atoms with Crippen LogP contribution in [0.5, 0.6) is 0 Å². The molecule has 0 atom stereocenters. The maximum Gasteiger partial charge on any atom is 0.261 e. The van der Waals surface area contributed by atoms with Gasteiger partial charge < -0.3 is 0 Å². The highest BCUT2D eigenvalue weighted by Crippen LogP contribution is 2.18. The van der Waals surface area contributed by atoms with Crippen LogP contribution < -0.4 is 5.56 Å². The summed E-state index contributed by atoms with van der Waals surface area (Å²) in [6, 6.07) is 4.13. The second-order valence-electron chi connectivity index (χ2n) is 5.89. The Balaban J connectivity index is 2.04. The molecule has 0 bridgehead atoms. The standard InChI is InChI=1S/C16H20N2O/c1-11(2)6-7-12-8-9-18-15(10-12)17-14-5-3-4-13(14)16(18)19/h8-11H,3-7H2,1-2H3. The topological polar surface area (TPSA) is 34.4 Å². The van der Waals surface area contributed by atoms with Crippen LogP contribution >= 0.6 is 0 Å². The number of aromatic nitrogens is 2. The Morgan fingerprint density at radius 3 is 3.00 bits per heavy atom. The average molecular weight is 256 g/mol. The molecule has 3 heteroatoms. The third kappa shape index (κ3) is 2.29. The van der Waals surface area contributed by atoms with Crippen molar-refractivity contribution < 1.29 is 0 Å². The largest absolute Gasteiger partial charge is 0.269 e. The van der Waals surface area contributed by atoms with E-state index in [1.54, 1.807) is 4.40 Å². The minimum atomic E-state index is 0.132. The number of nitrogens with zero attached hydrogens (tertiary/aromatic N) is 2. The van der Waals surface area contributed by atoms with Crippen molar-refractivity contribution in [3.63, 3.8) is 0 Å². The summed E-state index contributed by atoms with van der Waals surface area (Å²) in [5.41, 5.74) is 4.16. The molecular formula is C16H20N2O. The second-order valence-corrected chi connectivity index (χ2v) is 5.89. The maximum absolute atomic E-state index is 12.3. The molecule has 2 heterocycles. The summed E-state index contributed by atoms with van der Waals surface area (Å²) in [5, 5.41) is 0. The molecule has 0 saturated carbocycles. The molecule has 100 valence electrons. The van der Waals surface area contributed by atoms with Gasteiger partial charge >= 0.3 is 0 Å². The number of pyridine rings is 1. The van der Waals surface area contributed by atoms with E-state index in [4.69, 9.17) is 0 Å². The zero-order chi connectivity index (χ0) is 13.4. The van der Waals surface area contributed by atoms with Gasteiger partial charge in [0.15, 0.2) is 0 Å². The molecule has 0 spiro atoms. The van der Waals surface area contributed by atoms with E-state index in [0.29, 0.717) is 5.92 Å². The van der Waals surface area contributed by atoms with Gasteiger partial charge in [0.25, 0.3) is 5.56 Å². The van der Waals surface area contributed by atoms with Crippen molar-refractivity contribution in [2.24, 2.45) is 5.92 Å². The van der Waals surface area contributed by atoms with Gasteiger partial charge in [-0.1, -0.05) is 13.8 Å². The molecule has 0 saturated heterocycles. The average Bonchev–Trinajstić information content (AvgIpc) is 2.84. The van der Waals surface area contributed by atoms with Crippen molar-refractivity contribution in [2.75, 3.05) is 0 Å². The Morgan fingerprint density at radius 1 is 1.37 bits per heavy atom. The van der Waals surface area contributed by atoms with Gasteiger partial charge in [-0.05, 0) is 55.7 Å². The van der Waals surface area contributed by atoms with Crippen LogP contribution in [0.1, 0.15) is 43.5 Å². The van der Waals surface area contributed by atoms with E-state index < -0.39 is 0 Å². The predicted octanol–water partition coefficient (Wildman–Crippen LogP) is 2.77. The zero-order valence-corrected chi connectivity index (χ0v) is 11.6. The lowest BCUT2D eigenvalue weighted by molar-refractivity contribution is 0.586. The van der Waals surface area contributed by atoms with Gasteiger partial charge in [0, 0.05) is 11.8 Å². The molecule has 0 fully saturated rings. The molecule has 0 amide bonds. The summed E-state index contributed by atoms with van der Waals surface area (Å²) in [4.78, 5) is 17.0. The first-order valence-corrected chi connectivity index (χ1v) is 7.18. The molecule has 0 radical (unpaired) electrons. The van der Waals surface area contributed by atoms with E-state index in [2.05, 4.69) is 31.0 Å². The summed E-state index contributed by atoms with van der Waals surface area (Å²) in [6.45, 7) is 4.47. The van der Waals surface area contributed by atoms with Crippen LogP contribution in [-0.2, 0) is 19.3 Å². The highest BCUT2D eigenvalue weighted by Gasteiger charge is 2.17. The van der Waals surface area contributed by atoms with Gasteiger partial charge in [-0.2, -0.15) is 0 Å². The van der Waals surface area contributed by atoms with Crippen LogP contribution in [-0.4, -0.2) is 9.38 Å². The van der Waals surface area contributed by atoms with Crippen LogP contribution in [0.15, 0.2) is 23.1 Å². The Labute approximate surface area is 113 Å². The second kappa shape index (κ2) is 4.80. The fourth-order valence-corrected chi connectivity index (χ4v) is 2.76. The third-order valence-corrected chi connectivity index (χ3v) is 3.92. The van der Waals surface area contributed by atoms with Crippen molar-refractivity contribution in [2.45, 2.75) is 46.0 Å². The number of hydrogen-bond acceptors (Lipinski definition) is 2. The van der Waals surface area contributed by atoms with Crippen LogP contribution in [0.4, 0.5) is 0 Å². The summed E-state index contributed by atoms with van der Waals surface area (Å²) >= 11 is 0. The van der Waals surface area contributed by atoms with Gasteiger partial charge in [0.1, 0.15) is 5.65 Å². The predicted molar refractivity (Wildman–Crippen MR) is 76.6 cm³/mol. The number of hydrogen-bond donors (Lipinski definition) is 0. The molecule has 3 nitrogen and oxygen atoms in total. The normalized spacial score (nSPS) is 14.3. The zero-order valence-electron chi connectivity index (χ0n) is 11.6. The smallest absolute Gasteiger partial charge is 0.261 e. The molecule has 2 aromatic heterocycles. The van der Waals surface area contributed by atoms with Crippen LogP contribution in [0.25, 0.3) is 5.65 Å². The lowest BCUT2D eigenvalue weighted by Crippen LogP contribution is -2.19. The van der Waals surface area contributed by atoms with Gasteiger partial charge in [-0.15, -0.1) is 0 Å². The fraction of sp³-hybridized carbons (Fsp3) is 0.500. The summed E-state index contributed by atoms with van der Waals surface area (Å²) < 4.78 is 1.70. The van der Waals surface area contributed by atoms with Gasteiger partial charge in [0.05, 0.1) is 5.69 Å². The van der Waals surface area contributed by atoms with Crippen molar-refractivity contribution in [1.82, 2.24) is 9.38 Å². The maximum atomic E-state index is 12.3. The molecule has 3 rings (SSSR count). The van der Waals surface area contributed by atoms with E-state index in [-0.39, 0.29) is 5.56 Å². The van der Waals surface area contributed by atoms with Crippen molar-refractivity contribution in [3.8, 4) is 0 Å². The molecule has 1 aliphatic rings. The SMILES string of the molecule is CC(C)CCc1ccn2c(=O)c3c(nc2c1)CCC3. The Bertz CT molecular complexity index is 670. The van der Waals surface area contributed by atoms with Crippen molar-refractivity contribution in [1.29, 1.82) is 0 Å². The molecule has 0 aromatic carbocycles. The third-order valence-electron chi connectivity index (χ3n) is 3.92. The van der Waals surface area contributed by atoms with E-state index in [1.807, 2.05) is 6.20 Å². The highest BCUT2D eigenvalue weighted by atomic mass is 16.1. The molecule has 19 heavy (non-hydrogen) atoms. The number of rotatable bonds is 3. The highest BCUT2D eigenvalue weighted by molar-refractivity contribution is 5.44. The molecule has 0 N–H and O–H groups in total. The molecule has 2 aromatic rings. The lowest BCUT2D eigenvalue weighted by Gasteiger charge is -2.08.